The van der Waals surface area contributed by atoms with Crippen molar-refractivity contribution >= 4 is 5.69 Å². The van der Waals surface area contributed by atoms with E-state index in [1.807, 2.05) is 6.07 Å². The predicted octanol–water partition coefficient (Wildman–Crippen LogP) is 3.93. The van der Waals surface area contributed by atoms with Gasteiger partial charge in [-0.15, -0.1) is 0 Å². The van der Waals surface area contributed by atoms with Gasteiger partial charge >= 0.3 is 0 Å². The third kappa shape index (κ3) is 2.69. The molecule has 1 aromatic rings. The summed E-state index contributed by atoms with van der Waals surface area (Å²) < 4.78 is 13.8. The molecule has 1 aliphatic heterocycles. The van der Waals surface area contributed by atoms with Crippen LogP contribution in [0.5, 0.6) is 0 Å². The van der Waals surface area contributed by atoms with Gasteiger partial charge in [-0.1, -0.05) is 19.3 Å². The molecule has 0 atom stereocenters. The number of nitrogens with zero attached hydrogens (tertiary/aromatic N) is 1. The van der Waals surface area contributed by atoms with Crippen LogP contribution in [0.15, 0.2) is 18.2 Å². The fraction of sp³-hybridized carbons (Fsp3) is 0.647. The predicted molar refractivity (Wildman–Crippen MR) is 81.4 cm³/mol. The second-order valence-corrected chi connectivity index (χ2v) is 6.43. The smallest absolute Gasteiger partial charge is 0.123 e. The van der Waals surface area contributed by atoms with E-state index in [1.165, 1.54) is 31.4 Å². The van der Waals surface area contributed by atoms with E-state index in [0.717, 1.165) is 44.3 Å². The Morgan fingerprint density at radius 1 is 0.950 bits per heavy atom. The lowest BCUT2D eigenvalue weighted by molar-refractivity contribution is 0.301. The standard InChI is InChI=1S/C17H25FN2/c18-14-7-8-16(20-11-5-2-6-12-20)15(13-14)17(19)9-3-1-4-10-17/h7-8,13H,1-6,9-12,19H2. The second kappa shape index (κ2) is 5.72. The Balaban J connectivity index is 1.97. The fourth-order valence-electron chi connectivity index (χ4n) is 3.77. The van der Waals surface area contributed by atoms with Gasteiger partial charge in [0.25, 0.3) is 0 Å². The number of halogens is 1. The quantitative estimate of drug-likeness (QED) is 0.886. The van der Waals surface area contributed by atoms with Crippen LogP contribution < -0.4 is 10.6 Å². The number of hydrogen-bond donors (Lipinski definition) is 1. The topological polar surface area (TPSA) is 29.3 Å². The molecule has 0 radical (unpaired) electrons. The van der Waals surface area contributed by atoms with Gasteiger partial charge in [0.05, 0.1) is 0 Å². The number of piperidine rings is 1. The molecule has 2 N–H and O–H groups in total. The van der Waals surface area contributed by atoms with Crippen LogP contribution >= 0.6 is 0 Å². The Bertz CT molecular complexity index is 460. The zero-order valence-corrected chi connectivity index (χ0v) is 12.2. The highest BCUT2D eigenvalue weighted by Crippen LogP contribution is 2.40. The molecule has 0 bridgehead atoms. The van der Waals surface area contributed by atoms with Gasteiger partial charge in [-0.3, -0.25) is 0 Å². The molecule has 3 rings (SSSR count). The minimum atomic E-state index is -0.326. The van der Waals surface area contributed by atoms with Crippen LogP contribution in [0.3, 0.4) is 0 Å². The van der Waals surface area contributed by atoms with Crippen molar-refractivity contribution < 1.29 is 4.39 Å². The maximum atomic E-state index is 13.8. The van der Waals surface area contributed by atoms with Gasteiger partial charge in [0, 0.05) is 24.3 Å². The molecular formula is C17H25FN2. The minimum absolute atomic E-state index is 0.156. The van der Waals surface area contributed by atoms with E-state index in [4.69, 9.17) is 5.73 Å². The average molecular weight is 276 g/mol. The summed E-state index contributed by atoms with van der Waals surface area (Å²) >= 11 is 0. The third-order valence-corrected chi connectivity index (χ3v) is 4.94. The molecule has 0 aromatic heterocycles. The first-order valence-corrected chi connectivity index (χ1v) is 8.03. The number of hydrogen-bond acceptors (Lipinski definition) is 2. The lowest BCUT2D eigenvalue weighted by Crippen LogP contribution is -2.41. The normalized spacial score (nSPS) is 22.8. The average Bonchev–Trinajstić information content (AvgIpc) is 2.49. The molecule has 1 aliphatic carbocycles. The van der Waals surface area contributed by atoms with Crippen LogP contribution in [0, 0.1) is 5.82 Å². The van der Waals surface area contributed by atoms with E-state index in [9.17, 15) is 4.39 Å². The van der Waals surface area contributed by atoms with Gasteiger partial charge in [0.15, 0.2) is 0 Å². The zero-order chi connectivity index (χ0) is 14.0. The Kier molecular flexibility index (Phi) is 3.97. The van der Waals surface area contributed by atoms with Crippen LogP contribution in [0.25, 0.3) is 0 Å². The van der Waals surface area contributed by atoms with Gasteiger partial charge < -0.3 is 10.6 Å². The highest BCUT2D eigenvalue weighted by atomic mass is 19.1. The summed E-state index contributed by atoms with van der Waals surface area (Å²) in [6.45, 7) is 2.16. The summed E-state index contributed by atoms with van der Waals surface area (Å²) in [6.07, 6.45) is 9.31. The maximum Gasteiger partial charge on any atom is 0.123 e. The summed E-state index contributed by atoms with van der Waals surface area (Å²) in [7, 11) is 0. The molecule has 0 spiro atoms. The first kappa shape index (κ1) is 13.9. The fourth-order valence-corrected chi connectivity index (χ4v) is 3.77. The van der Waals surface area contributed by atoms with Crippen molar-refractivity contribution in [3.8, 4) is 0 Å². The first-order chi connectivity index (χ1) is 9.69. The summed E-state index contributed by atoms with van der Waals surface area (Å²) in [5.41, 5.74) is 8.55. The van der Waals surface area contributed by atoms with Crippen molar-refractivity contribution in [3.05, 3.63) is 29.6 Å². The Morgan fingerprint density at radius 3 is 2.30 bits per heavy atom. The largest absolute Gasteiger partial charge is 0.371 e. The van der Waals surface area contributed by atoms with Gasteiger partial charge in [0.2, 0.25) is 0 Å². The third-order valence-electron chi connectivity index (χ3n) is 4.94. The maximum absolute atomic E-state index is 13.8. The molecule has 0 amide bonds. The van der Waals surface area contributed by atoms with E-state index < -0.39 is 0 Å². The Morgan fingerprint density at radius 2 is 1.60 bits per heavy atom. The summed E-state index contributed by atoms with van der Waals surface area (Å²) in [6, 6.07) is 5.22. The molecule has 1 saturated heterocycles. The second-order valence-electron chi connectivity index (χ2n) is 6.43. The number of rotatable bonds is 2. The Hall–Kier alpha value is -1.09. The molecule has 3 heteroatoms. The van der Waals surface area contributed by atoms with E-state index in [1.54, 1.807) is 12.1 Å². The van der Waals surface area contributed by atoms with Crippen LogP contribution in [0.1, 0.15) is 56.9 Å². The molecule has 1 heterocycles. The molecule has 2 nitrogen and oxygen atoms in total. The van der Waals surface area contributed by atoms with Crippen LogP contribution in [-0.4, -0.2) is 13.1 Å². The molecule has 1 saturated carbocycles. The molecule has 110 valence electrons. The highest BCUT2D eigenvalue weighted by Gasteiger charge is 2.33. The van der Waals surface area contributed by atoms with Crippen LogP contribution in [0.2, 0.25) is 0 Å². The van der Waals surface area contributed by atoms with E-state index in [0.29, 0.717) is 0 Å². The monoisotopic (exact) mass is 276 g/mol. The van der Waals surface area contributed by atoms with Crippen LogP contribution in [-0.2, 0) is 5.54 Å². The lowest BCUT2D eigenvalue weighted by Gasteiger charge is -2.39. The number of nitrogens with two attached hydrogens (primary N) is 1. The first-order valence-electron chi connectivity index (χ1n) is 8.03. The number of benzene rings is 1. The molecular weight excluding hydrogens is 251 g/mol. The van der Waals surface area contributed by atoms with Crippen molar-refractivity contribution in [1.82, 2.24) is 0 Å². The minimum Gasteiger partial charge on any atom is -0.371 e. The highest BCUT2D eigenvalue weighted by molar-refractivity contribution is 5.57. The molecule has 2 fully saturated rings. The summed E-state index contributed by atoms with van der Waals surface area (Å²) in [5.74, 6) is -0.156. The van der Waals surface area contributed by atoms with Crippen molar-refractivity contribution in [2.75, 3.05) is 18.0 Å². The summed E-state index contributed by atoms with van der Waals surface area (Å²) in [5, 5.41) is 0. The van der Waals surface area contributed by atoms with Crippen LogP contribution in [0.4, 0.5) is 10.1 Å². The van der Waals surface area contributed by atoms with Gasteiger partial charge in [-0.25, -0.2) is 4.39 Å². The molecule has 2 aliphatic rings. The lowest BCUT2D eigenvalue weighted by atomic mass is 9.76. The van der Waals surface area contributed by atoms with Gasteiger partial charge in [-0.2, -0.15) is 0 Å². The molecule has 1 aromatic carbocycles. The SMILES string of the molecule is NC1(c2cc(F)ccc2N2CCCCC2)CCCCC1. The zero-order valence-electron chi connectivity index (χ0n) is 12.2. The van der Waals surface area contributed by atoms with E-state index in [2.05, 4.69) is 4.90 Å². The van der Waals surface area contributed by atoms with Crippen molar-refractivity contribution in [1.29, 1.82) is 0 Å². The number of anilines is 1. The molecule has 20 heavy (non-hydrogen) atoms. The van der Waals surface area contributed by atoms with Gasteiger partial charge in [0.1, 0.15) is 5.82 Å². The van der Waals surface area contributed by atoms with E-state index >= 15 is 0 Å². The van der Waals surface area contributed by atoms with Crippen molar-refractivity contribution in [2.24, 2.45) is 5.73 Å². The molecule has 0 unspecified atom stereocenters. The van der Waals surface area contributed by atoms with Crippen molar-refractivity contribution in [3.63, 3.8) is 0 Å². The Labute approximate surface area is 121 Å². The van der Waals surface area contributed by atoms with E-state index in [-0.39, 0.29) is 11.4 Å². The summed E-state index contributed by atoms with van der Waals surface area (Å²) in [4.78, 5) is 2.40. The van der Waals surface area contributed by atoms with Crippen molar-refractivity contribution in [2.45, 2.75) is 56.9 Å². The van der Waals surface area contributed by atoms with Gasteiger partial charge in [-0.05, 0) is 55.9 Å².